The minimum Gasteiger partial charge on any atom is -0.380 e. The summed E-state index contributed by atoms with van der Waals surface area (Å²) in [6, 6.07) is 9.28. The number of benzene rings is 2. The summed E-state index contributed by atoms with van der Waals surface area (Å²) in [5.41, 5.74) is 1.81. The lowest BCUT2D eigenvalue weighted by Gasteiger charge is -2.39. The topological polar surface area (TPSA) is 70.6 Å². The molecule has 0 unspecified atom stereocenters. The van der Waals surface area contributed by atoms with Crippen molar-refractivity contribution in [1.82, 2.24) is 15.1 Å². The van der Waals surface area contributed by atoms with E-state index in [9.17, 15) is 18.0 Å². The molecule has 1 aromatic heterocycles. The Morgan fingerprint density at radius 3 is 2.54 bits per heavy atom. The largest absolute Gasteiger partial charge is 0.380 e. The minimum atomic E-state index is -2.88. The van der Waals surface area contributed by atoms with Gasteiger partial charge in [-0.3, -0.25) is 4.79 Å². The highest BCUT2D eigenvalue weighted by Crippen LogP contribution is 2.32. The number of aromatic nitrogens is 2. The number of fused-ring (bicyclic) bond motifs is 1. The molecule has 35 heavy (non-hydrogen) atoms. The zero-order valence-electron chi connectivity index (χ0n) is 19.3. The van der Waals surface area contributed by atoms with Crippen molar-refractivity contribution >= 4 is 28.2 Å². The number of piperazine rings is 1. The molecule has 0 saturated carbocycles. The van der Waals surface area contributed by atoms with Gasteiger partial charge in [0.2, 0.25) is 5.91 Å². The van der Waals surface area contributed by atoms with E-state index >= 15 is 0 Å². The minimum absolute atomic E-state index is 0.0114. The van der Waals surface area contributed by atoms with Gasteiger partial charge < -0.3 is 19.9 Å². The zero-order valence-corrected chi connectivity index (χ0v) is 19.3. The third-order valence-electron chi connectivity index (χ3n) is 6.70. The van der Waals surface area contributed by atoms with Crippen LogP contribution in [0.3, 0.4) is 0 Å². The lowest BCUT2D eigenvalue weighted by molar-refractivity contribution is -0.150. The second-order valence-corrected chi connectivity index (χ2v) is 8.92. The molecule has 0 spiro atoms. The molecule has 3 aromatic rings. The smallest absolute Gasteiger partial charge is 0.266 e. The molecular weight excluding hydrogens is 459 g/mol. The number of carbonyl (C=O) groups is 1. The summed E-state index contributed by atoms with van der Waals surface area (Å²) in [5.74, 6) is -0.758. The lowest BCUT2D eigenvalue weighted by Crippen LogP contribution is -2.53. The first-order valence-corrected chi connectivity index (χ1v) is 11.6. The lowest BCUT2D eigenvalue weighted by atomic mass is 10.0. The van der Waals surface area contributed by atoms with Crippen LogP contribution in [0.5, 0.6) is 0 Å². The van der Waals surface area contributed by atoms with Gasteiger partial charge in [-0.2, -0.15) is 10.2 Å². The number of amides is 1. The molecule has 2 fully saturated rings. The number of ether oxygens (including phenoxy) is 1. The van der Waals surface area contributed by atoms with E-state index in [0.717, 1.165) is 17.1 Å². The van der Waals surface area contributed by atoms with Crippen LogP contribution in [0.4, 0.5) is 24.5 Å². The first-order chi connectivity index (χ1) is 16.9. The number of hydrogen-bond acceptors (Lipinski definition) is 6. The molecule has 5 rings (SSSR count). The number of rotatable bonds is 6. The van der Waals surface area contributed by atoms with Crippen molar-refractivity contribution in [2.24, 2.45) is 5.92 Å². The van der Waals surface area contributed by atoms with Crippen LogP contribution in [0.1, 0.15) is 30.5 Å². The van der Waals surface area contributed by atoms with E-state index in [2.05, 4.69) is 20.4 Å². The molecule has 7 nitrogen and oxygen atoms in total. The number of nitrogens with zero attached hydrogens (tertiary/aromatic N) is 4. The van der Waals surface area contributed by atoms with Crippen molar-refractivity contribution in [1.29, 1.82) is 0 Å². The van der Waals surface area contributed by atoms with Crippen molar-refractivity contribution < 1.29 is 22.7 Å². The van der Waals surface area contributed by atoms with E-state index in [4.69, 9.17) is 4.74 Å². The van der Waals surface area contributed by atoms with Gasteiger partial charge in [0.1, 0.15) is 5.82 Å². The van der Waals surface area contributed by atoms with Gasteiger partial charge in [-0.25, -0.2) is 13.2 Å². The van der Waals surface area contributed by atoms with Crippen molar-refractivity contribution in [3.8, 4) is 0 Å². The van der Waals surface area contributed by atoms with Crippen LogP contribution in [0.15, 0.2) is 42.6 Å². The Hall–Kier alpha value is -3.40. The molecule has 2 aliphatic rings. The quantitative estimate of drug-likeness (QED) is 0.565. The van der Waals surface area contributed by atoms with E-state index in [1.54, 1.807) is 13.1 Å². The SMILES string of the molecule is C[C@@H](Nc1cnnc2ccc(N3CCN(C(=O)C4COC4)CC3)cc12)c1cccc(C(F)F)c1F. The summed E-state index contributed by atoms with van der Waals surface area (Å²) in [4.78, 5) is 16.6. The van der Waals surface area contributed by atoms with Crippen molar-refractivity contribution in [2.75, 3.05) is 49.6 Å². The highest BCUT2D eigenvalue weighted by Gasteiger charge is 2.32. The fourth-order valence-electron chi connectivity index (χ4n) is 4.56. The third kappa shape index (κ3) is 4.62. The van der Waals surface area contributed by atoms with E-state index in [1.165, 1.54) is 12.1 Å². The summed E-state index contributed by atoms with van der Waals surface area (Å²) in [6.07, 6.45) is -1.33. The Morgan fingerprint density at radius 2 is 1.86 bits per heavy atom. The molecule has 0 bridgehead atoms. The van der Waals surface area contributed by atoms with Gasteiger partial charge in [-0.1, -0.05) is 18.2 Å². The molecule has 0 radical (unpaired) electrons. The Morgan fingerprint density at radius 1 is 1.11 bits per heavy atom. The summed E-state index contributed by atoms with van der Waals surface area (Å²) in [6.45, 7) is 5.42. The second kappa shape index (κ2) is 9.69. The summed E-state index contributed by atoms with van der Waals surface area (Å²) < 4.78 is 46.1. The molecule has 10 heteroatoms. The average molecular weight is 486 g/mol. The monoisotopic (exact) mass is 485 g/mol. The summed E-state index contributed by atoms with van der Waals surface area (Å²) in [7, 11) is 0. The number of alkyl halides is 2. The molecule has 1 N–H and O–H groups in total. The number of hydrogen-bond donors (Lipinski definition) is 1. The fourth-order valence-corrected chi connectivity index (χ4v) is 4.56. The van der Waals surface area contributed by atoms with Crippen LogP contribution in [0.25, 0.3) is 10.9 Å². The van der Waals surface area contributed by atoms with E-state index in [1.807, 2.05) is 23.1 Å². The molecule has 1 atom stereocenters. The fraction of sp³-hybridized carbons (Fsp3) is 0.400. The van der Waals surface area contributed by atoms with Crippen LogP contribution in [0, 0.1) is 11.7 Å². The van der Waals surface area contributed by atoms with Crippen molar-refractivity contribution in [3.63, 3.8) is 0 Å². The van der Waals surface area contributed by atoms with Crippen LogP contribution < -0.4 is 10.2 Å². The van der Waals surface area contributed by atoms with Crippen LogP contribution in [0.2, 0.25) is 0 Å². The van der Waals surface area contributed by atoms with Gasteiger partial charge in [0, 0.05) is 42.8 Å². The number of halogens is 3. The van der Waals surface area contributed by atoms with Gasteiger partial charge in [-0.15, -0.1) is 0 Å². The van der Waals surface area contributed by atoms with Gasteiger partial charge in [0.05, 0.1) is 48.1 Å². The molecule has 1 amide bonds. The molecular formula is C25H26F3N5O2. The maximum Gasteiger partial charge on any atom is 0.266 e. The maximum atomic E-state index is 14.7. The molecule has 2 aliphatic heterocycles. The van der Waals surface area contributed by atoms with Crippen LogP contribution in [-0.2, 0) is 9.53 Å². The maximum absolute atomic E-state index is 14.7. The predicted octanol–water partition coefficient (Wildman–Crippen LogP) is 4.17. The van der Waals surface area contributed by atoms with Crippen LogP contribution in [-0.4, -0.2) is 60.4 Å². The molecule has 184 valence electrons. The van der Waals surface area contributed by atoms with E-state index in [-0.39, 0.29) is 17.4 Å². The summed E-state index contributed by atoms with van der Waals surface area (Å²) in [5, 5.41) is 12.2. The highest BCUT2D eigenvalue weighted by atomic mass is 19.3. The molecule has 0 aliphatic carbocycles. The normalized spacial score (nSPS) is 17.5. The molecule has 2 saturated heterocycles. The van der Waals surface area contributed by atoms with Crippen molar-refractivity contribution in [2.45, 2.75) is 19.4 Å². The Bertz CT molecular complexity index is 1230. The molecule has 3 heterocycles. The van der Waals surface area contributed by atoms with E-state index < -0.39 is 23.8 Å². The standard InChI is InChI=1S/C25H26F3N5O2/c1-15(18-3-2-4-19(23(18)26)24(27)28)30-22-12-29-31-21-6-5-17(11-20(21)22)32-7-9-33(10-8-32)25(34)16-13-35-14-16/h2-6,11-12,15-16,24H,7-10,13-14H2,1H3,(H,30,31)/t15-/m1/s1. The number of nitrogens with one attached hydrogen (secondary N) is 1. The Balaban J connectivity index is 1.34. The Labute approximate surface area is 200 Å². The first-order valence-electron chi connectivity index (χ1n) is 11.6. The first kappa shape index (κ1) is 23.3. The summed E-state index contributed by atoms with van der Waals surface area (Å²) >= 11 is 0. The van der Waals surface area contributed by atoms with E-state index in [0.29, 0.717) is 50.6 Å². The second-order valence-electron chi connectivity index (χ2n) is 8.92. The Kier molecular flexibility index (Phi) is 6.46. The van der Waals surface area contributed by atoms with Gasteiger partial charge >= 0.3 is 0 Å². The van der Waals surface area contributed by atoms with Crippen molar-refractivity contribution in [3.05, 3.63) is 59.5 Å². The predicted molar refractivity (Wildman–Crippen MR) is 126 cm³/mol. The zero-order chi connectivity index (χ0) is 24.5. The van der Waals surface area contributed by atoms with Gasteiger partial charge in [0.25, 0.3) is 6.43 Å². The third-order valence-corrected chi connectivity index (χ3v) is 6.70. The number of anilines is 2. The average Bonchev–Trinajstić information content (AvgIpc) is 2.83. The molecule has 2 aromatic carbocycles. The van der Waals surface area contributed by atoms with Crippen LogP contribution >= 0.6 is 0 Å². The van der Waals surface area contributed by atoms with Gasteiger partial charge in [0.15, 0.2) is 0 Å². The van der Waals surface area contributed by atoms with Gasteiger partial charge in [-0.05, 0) is 25.1 Å². The highest BCUT2D eigenvalue weighted by molar-refractivity contribution is 5.93. The number of carbonyl (C=O) groups excluding carboxylic acids is 1.